The normalized spacial score (nSPS) is 10.4. The molecule has 2 aromatic rings. The number of thiazole rings is 1. The zero-order valence-corrected chi connectivity index (χ0v) is 8.31. The van der Waals surface area contributed by atoms with Gasteiger partial charge in [0.1, 0.15) is 10.8 Å². The Hall–Kier alpha value is -1.42. The Morgan fingerprint density at radius 2 is 2.21 bits per heavy atom. The number of halogens is 1. The lowest BCUT2D eigenvalue weighted by Crippen LogP contribution is -1.83. The van der Waals surface area contributed by atoms with Gasteiger partial charge in [-0.05, 0) is 30.7 Å². The Kier molecular flexibility index (Phi) is 2.21. The maximum Gasteiger partial charge on any atom is 0.222 e. The molecule has 0 aliphatic carbocycles. The van der Waals surface area contributed by atoms with Crippen molar-refractivity contribution in [2.24, 2.45) is 0 Å². The quantitative estimate of drug-likeness (QED) is 0.783. The molecule has 0 amide bonds. The number of aromatic hydroxyl groups is 1. The highest BCUT2D eigenvalue weighted by molar-refractivity contribution is 7.13. The van der Waals surface area contributed by atoms with Gasteiger partial charge in [0.05, 0.1) is 5.38 Å². The van der Waals surface area contributed by atoms with Gasteiger partial charge >= 0.3 is 0 Å². The van der Waals surface area contributed by atoms with Crippen molar-refractivity contribution in [3.8, 4) is 16.5 Å². The summed E-state index contributed by atoms with van der Waals surface area (Å²) in [6.07, 6.45) is 0. The number of aromatic nitrogens is 1. The van der Waals surface area contributed by atoms with Crippen LogP contribution in [0.4, 0.5) is 4.39 Å². The minimum Gasteiger partial charge on any atom is -0.493 e. The minimum absolute atomic E-state index is 0.00808. The van der Waals surface area contributed by atoms with Gasteiger partial charge in [-0.2, -0.15) is 0 Å². The van der Waals surface area contributed by atoms with Gasteiger partial charge in [0.25, 0.3) is 0 Å². The summed E-state index contributed by atoms with van der Waals surface area (Å²) in [6.45, 7) is 1.82. The summed E-state index contributed by atoms with van der Waals surface area (Å²) in [5.41, 5.74) is 1.68. The van der Waals surface area contributed by atoms with E-state index in [1.807, 2.05) is 6.92 Å². The van der Waals surface area contributed by atoms with E-state index in [1.54, 1.807) is 11.4 Å². The van der Waals surface area contributed by atoms with Crippen LogP contribution in [0.5, 0.6) is 5.88 Å². The Morgan fingerprint density at radius 3 is 2.79 bits per heavy atom. The van der Waals surface area contributed by atoms with Crippen molar-refractivity contribution in [3.63, 3.8) is 0 Å². The number of nitrogens with zero attached hydrogens (tertiary/aromatic N) is 1. The molecule has 0 saturated carbocycles. The van der Waals surface area contributed by atoms with Gasteiger partial charge in [-0.1, -0.05) is 0 Å². The fourth-order valence-corrected chi connectivity index (χ4v) is 2.03. The fourth-order valence-electron chi connectivity index (χ4n) is 1.26. The van der Waals surface area contributed by atoms with E-state index in [0.29, 0.717) is 5.01 Å². The Balaban J connectivity index is 2.52. The standard InChI is InChI=1S/C10H8FNOS/c1-6-4-7(11)2-3-8(6)10-12-9(13)5-14-10/h2-5,13H,1H3. The fraction of sp³-hybridized carbons (Fsp3) is 0.100. The molecule has 4 heteroatoms. The summed E-state index contributed by atoms with van der Waals surface area (Å²) in [6, 6.07) is 4.51. The van der Waals surface area contributed by atoms with Crippen LogP contribution in [0.2, 0.25) is 0 Å². The number of aryl methyl sites for hydroxylation is 1. The van der Waals surface area contributed by atoms with E-state index in [9.17, 15) is 4.39 Å². The van der Waals surface area contributed by atoms with E-state index in [1.165, 1.54) is 23.5 Å². The van der Waals surface area contributed by atoms with E-state index >= 15 is 0 Å². The summed E-state index contributed by atoms with van der Waals surface area (Å²) < 4.78 is 12.8. The molecule has 0 saturated heterocycles. The van der Waals surface area contributed by atoms with Crippen LogP contribution in [0.1, 0.15) is 5.56 Å². The lowest BCUT2D eigenvalue weighted by atomic mass is 10.1. The topological polar surface area (TPSA) is 33.1 Å². The Bertz CT molecular complexity index is 467. The van der Waals surface area contributed by atoms with Crippen LogP contribution < -0.4 is 0 Å². The van der Waals surface area contributed by atoms with Crippen LogP contribution in [0, 0.1) is 12.7 Å². The second kappa shape index (κ2) is 3.38. The molecule has 0 bridgehead atoms. The second-order valence-electron chi connectivity index (χ2n) is 2.97. The van der Waals surface area contributed by atoms with Gasteiger partial charge in [-0.3, -0.25) is 0 Å². The number of benzene rings is 1. The lowest BCUT2D eigenvalue weighted by molar-refractivity contribution is 0.458. The first-order valence-corrected chi connectivity index (χ1v) is 4.96. The monoisotopic (exact) mass is 209 g/mol. The van der Waals surface area contributed by atoms with Crippen molar-refractivity contribution in [2.75, 3.05) is 0 Å². The molecule has 0 radical (unpaired) electrons. The molecule has 0 atom stereocenters. The molecule has 0 unspecified atom stereocenters. The third-order valence-electron chi connectivity index (χ3n) is 1.91. The molecule has 0 fully saturated rings. The van der Waals surface area contributed by atoms with Crippen molar-refractivity contribution in [2.45, 2.75) is 6.92 Å². The van der Waals surface area contributed by atoms with Crippen LogP contribution in [0.25, 0.3) is 10.6 Å². The third-order valence-corrected chi connectivity index (χ3v) is 2.77. The molecule has 0 aliphatic rings. The molecule has 2 rings (SSSR count). The zero-order chi connectivity index (χ0) is 10.1. The van der Waals surface area contributed by atoms with E-state index in [-0.39, 0.29) is 11.7 Å². The van der Waals surface area contributed by atoms with Crippen LogP contribution in [0.3, 0.4) is 0 Å². The maximum atomic E-state index is 12.8. The number of rotatable bonds is 1. The van der Waals surface area contributed by atoms with Gasteiger partial charge in [0, 0.05) is 5.56 Å². The first-order chi connectivity index (χ1) is 6.66. The predicted molar refractivity (Wildman–Crippen MR) is 53.9 cm³/mol. The van der Waals surface area contributed by atoms with Gasteiger partial charge in [0.2, 0.25) is 5.88 Å². The van der Waals surface area contributed by atoms with Gasteiger partial charge < -0.3 is 5.11 Å². The molecule has 2 nitrogen and oxygen atoms in total. The molecule has 14 heavy (non-hydrogen) atoms. The van der Waals surface area contributed by atoms with Gasteiger partial charge in [0.15, 0.2) is 0 Å². The average Bonchev–Trinajstić information content (AvgIpc) is 2.51. The molecule has 0 spiro atoms. The first kappa shape index (κ1) is 9.15. The minimum atomic E-state index is -0.257. The summed E-state index contributed by atoms with van der Waals surface area (Å²) in [7, 11) is 0. The van der Waals surface area contributed by atoms with Crippen LogP contribution >= 0.6 is 11.3 Å². The van der Waals surface area contributed by atoms with Gasteiger partial charge in [-0.25, -0.2) is 9.37 Å². The largest absolute Gasteiger partial charge is 0.493 e. The summed E-state index contributed by atoms with van der Waals surface area (Å²) >= 11 is 1.34. The van der Waals surface area contributed by atoms with Crippen molar-refractivity contribution in [1.82, 2.24) is 4.98 Å². The van der Waals surface area contributed by atoms with Crippen molar-refractivity contribution in [3.05, 3.63) is 35.0 Å². The molecule has 1 heterocycles. The average molecular weight is 209 g/mol. The number of hydrogen-bond acceptors (Lipinski definition) is 3. The highest BCUT2D eigenvalue weighted by Gasteiger charge is 2.07. The second-order valence-corrected chi connectivity index (χ2v) is 3.83. The van der Waals surface area contributed by atoms with E-state index in [4.69, 9.17) is 5.11 Å². The van der Waals surface area contributed by atoms with Crippen molar-refractivity contribution >= 4 is 11.3 Å². The first-order valence-electron chi connectivity index (χ1n) is 4.08. The van der Waals surface area contributed by atoms with E-state index < -0.39 is 0 Å². The molecular weight excluding hydrogens is 201 g/mol. The molecular formula is C10H8FNOS. The summed E-state index contributed by atoms with van der Waals surface area (Å²) in [5, 5.41) is 11.3. The van der Waals surface area contributed by atoms with E-state index in [2.05, 4.69) is 4.98 Å². The Labute approximate surface area is 84.7 Å². The smallest absolute Gasteiger partial charge is 0.222 e. The predicted octanol–water partition coefficient (Wildman–Crippen LogP) is 2.96. The molecule has 72 valence electrons. The molecule has 1 N–H and O–H groups in total. The van der Waals surface area contributed by atoms with E-state index in [0.717, 1.165) is 11.1 Å². The zero-order valence-electron chi connectivity index (χ0n) is 7.49. The van der Waals surface area contributed by atoms with Crippen LogP contribution in [-0.4, -0.2) is 10.1 Å². The van der Waals surface area contributed by atoms with Crippen molar-refractivity contribution in [1.29, 1.82) is 0 Å². The molecule has 0 aliphatic heterocycles. The highest BCUT2D eigenvalue weighted by atomic mass is 32.1. The summed E-state index contributed by atoms with van der Waals surface area (Å²) in [4.78, 5) is 3.92. The Morgan fingerprint density at radius 1 is 1.43 bits per heavy atom. The maximum absolute atomic E-state index is 12.8. The number of hydrogen-bond donors (Lipinski definition) is 1. The van der Waals surface area contributed by atoms with Gasteiger partial charge in [-0.15, -0.1) is 11.3 Å². The summed E-state index contributed by atoms with van der Waals surface area (Å²) in [5.74, 6) is -0.249. The lowest BCUT2D eigenvalue weighted by Gasteiger charge is -2.00. The highest BCUT2D eigenvalue weighted by Crippen LogP contribution is 2.28. The van der Waals surface area contributed by atoms with Crippen molar-refractivity contribution < 1.29 is 9.50 Å². The SMILES string of the molecule is Cc1cc(F)ccc1-c1nc(O)cs1. The third kappa shape index (κ3) is 1.61. The van der Waals surface area contributed by atoms with Crippen LogP contribution in [-0.2, 0) is 0 Å². The van der Waals surface area contributed by atoms with Crippen LogP contribution in [0.15, 0.2) is 23.6 Å². The molecule has 1 aromatic heterocycles. The molecule has 1 aromatic carbocycles.